The number of hydrogen-bond donors (Lipinski definition) is 1. The van der Waals surface area contributed by atoms with E-state index in [0.717, 1.165) is 5.56 Å². The second kappa shape index (κ2) is 3.91. The second-order valence-electron chi connectivity index (χ2n) is 3.01. The second-order valence-corrected chi connectivity index (χ2v) is 3.01. The van der Waals surface area contributed by atoms with Crippen LogP contribution >= 0.6 is 0 Å². The van der Waals surface area contributed by atoms with Gasteiger partial charge in [-0.3, -0.25) is 0 Å². The van der Waals surface area contributed by atoms with Gasteiger partial charge in [-0.15, -0.1) is 0 Å². The van der Waals surface area contributed by atoms with E-state index >= 15 is 0 Å². The number of rotatable bonds is 2. The average molecular weight is 203 g/mol. The molecule has 1 aromatic heterocycles. The van der Waals surface area contributed by atoms with Gasteiger partial charge in [-0.25, -0.2) is 4.63 Å². The van der Waals surface area contributed by atoms with E-state index in [2.05, 4.69) is 20.1 Å². The summed E-state index contributed by atoms with van der Waals surface area (Å²) in [7, 11) is 0. The first kappa shape index (κ1) is 9.39. The standard InChI is InChI=1S/C10H9N3O2/c1-7-9(13-15-12-7)10(11-14)8-5-3-2-4-6-8/h2-6,14H,1H3/b11-10-. The SMILES string of the molecule is Cc1nonc1/C(=N\O)c1ccccc1. The van der Waals surface area contributed by atoms with Crippen molar-refractivity contribution in [1.29, 1.82) is 0 Å². The molecule has 0 aliphatic rings. The summed E-state index contributed by atoms with van der Waals surface area (Å²) in [6, 6.07) is 9.23. The molecule has 0 fully saturated rings. The van der Waals surface area contributed by atoms with Crippen molar-refractivity contribution in [3.05, 3.63) is 47.3 Å². The fourth-order valence-electron chi connectivity index (χ4n) is 1.28. The molecule has 1 heterocycles. The van der Waals surface area contributed by atoms with Crippen LogP contribution in [0, 0.1) is 6.92 Å². The first-order chi connectivity index (χ1) is 7.33. The summed E-state index contributed by atoms with van der Waals surface area (Å²) in [5, 5.41) is 19.5. The molecular formula is C10H9N3O2. The number of aryl methyl sites for hydroxylation is 1. The van der Waals surface area contributed by atoms with Crippen molar-refractivity contribution in [2.45, 2.75) is 6.92 Å². The van der Waals surface area contributed by atoms with Crippen molar-refractivity contribution < 1.29 is 9.84 Å². The molecule has 1 N–H and O–H groups in total. The molecular weight excluding hydrogens is 194 g/mol. The van der Waals surface area contributed by atoms with Crippen LogP contribution in [-0.2, 0) is 0 Å². The molecule has 5 heteroatoms. The third-order valence-electron chi connectivity index (χ3n) is 2.02. The Morgan fingerprint density at radius 3 is 2.53 bits per heavy atom. The Labute approximate surface area is 86.0 Å². The van der Waals surface area contributed by atoms with Crippen molar-refractivity contribution >= 4 is 5.71 Å². The molecule has 0 atom stereocenters. The zero-order valence-corrected chi connectivity index (χ0v) is 8.08. The fraction of sp³-hybridized carbons (Fsp3) is 0.100. The van der Waals surface area contributed by atoms with Crippen molar-refractivity contribution in [1.82, 2.24) is 10.3 Å². The fourth-order valence-corrected chi connectivity index (χ4v) is 1.28. The summed E-state index contributed by atoms with van der Waals surface area (Å²) in [5.41, 5.74) is 2.16. The van der Waals surface area contributed by atoms with Crippen LogP contribution in [0.2, 0.25) is 0 Å². The Balaban J connectivity index is 2.48. The highest BCUT2D eigenvalue weighted by Gasteiger charge is 2.15. The maximum atomic E-state index is 8.95. The number of hydrogen-bond acceptors (Lipinski definition) is 5. The first-order valence-electron chi connectivity index (χ1n) is 4.40. The van der Waals surface area contributed by atoms with Gasteiger partial charge in [-0.05, 0) is 12.1 Å². The van der Waals surface area contributed by atoms with Gasteiger partial charge >= 0.3 is 0 Å². The molecule has 5 nitrogen and oxygen atoms in total. The Bertz CT molecular complexity index is 476. The van der Waals surface area contributed by atoms with Crippen molar-refractivity contribution in [2.24, 2.45) is 5.16 Å². The van der Waals surface area contributed by atoms with E-state index in [-0.39, 0.29) is 0 Å². The lowest BCUT2D eigenvalue weighted by Crippen LogP contribution is -2.05. The van der Waals surface area contributed by atoms with E-state index in [9.17, 15) is 0 Å². The van der Waals surface area contributed by atoms with E-state index < -0.39 is 0 Å². The van der Waals surface area contributed by atoms with E-state index in [0.29, 0.717) is 17.1 Å². The van der Waals surface area contributed by atoms with Gasteiger partial charge < -0.3 is 5.21 Å². The van der Waals surface area contributed by atoms with E-state index in [1.165, 1.54) is 0 Å². The Kier molecular flexibility index (Phi) is 2.45. The zero-order chi connectivity index (χ0) is 10.7. The minimum Gasteiger partial charge on any atom is -0.410 e. The molecule has 15 heavy (non-hydrogen) atoms. The van der Waals surface area contributed by atoms with Crippen molar-refractivity contribution in [3.8, 4) is 0 Å². The molecule has 0 aliphatic carbocycles. The summed E-state index contributed by atoms with van der Waals surface area (Å²) in [5.74, 6) is 0. The van der Waals surface area contributed by atoms with Crippen molar-refractivity contribution in [2.75, 3.05) is 0 Å². The molecule has 0 amide bonds. The molecule has 2 aromatic rings. The van der Waals surface area contributed by atoms with Gasteiger partial charge in [0.05, 0.1) is 0 Å². The minimum absolute atomic E-state index is 0.356. The van der Waals surface area contributed by atoms with Crippen LogP contribution in [0.4, 0.5) is 0 Å². The van der Waals surface area contributed by atoms with E-state index in [1.54, 1.807) is 6.92 Å². The van der Waals surface area contributed by atoms with Gasteiger partial charge in [0.1, 0.15) is 11.4 Å². The smallest absolute Gasteiger partial charge is 0.160 e. The third kappa shape index (κ3) is 1.71. The molecule has 76 valence electrons. The maximum absolute atomic E-state index is 8.95. The summed E-state index contributed by atoms with van der Waals surface area (Å²) in [4.78, 5) is 0. The third-order valence-corrected chi connectivity index (χ3v) is 2.02. The largest absolute Gasteiger partial charge is 0.410 e. The molecule has 0 bridgehead atoms. The predicted octanol–water partition coefficient (Wildman–Crippen LogP) is 1.60. The average Bonchev–Trinajstić information content (AvgIpc) is 2.68. The maximum Gasteiger partial charge on any atom is 0.160 e. The van der Waals surface area contributed by atoms with Gasteiger partial charge in [0.15, 0.2) is 5.69 Å². The molecule has 0 unspecified atom stereocenters. The Morgan fingerprint density at radius 1 is 1.27 bits per heavy atom. The monoisotopic (exact) mass is 203 g/mol. The van der Waals surface area contributed by atoms with Crippen molar-refractivity contribution in [3.63, 3.8) is 0 Å². The number of aromatic nitrogens is 2. The molecule has 0 saturated heterocycles. The normalized spacial score (nSPS) is 11.7. The number of nitrogens with zero attached hydrogens (tertiary/aromatic N) is 3. The Hall–Kier alpha value is -2.17. The summed E-state index contributed by atoms with van der Waals surface area (Å²) in [6.45, 7) is 1.74. The summed E-state index contributed by atoms with van der Waals surface area (Å²) >= 11 is 0. The van der Waals surface area contributed by atoms with Crippen LogP contribution < -0.4 is 0 Å². The quantitative estimate of drug-likeness (QED) is 0.457. The van der Waals surface area contributed by atoms with Crippen LogP contribution in [0.25, 0.3) is 0 Å². The van der Waals surface area contributed by atoms with Gasteiger partial charge in [0, 0.05) is 5.56 Å². The molecule has 2 rings (SSSR count). The summed E-state index contributed by atoms with van der Waals surface area (Å²) < 4.78 is 4.56. The van der Waals surface area contributed by atoms with Gasteiger partial charge in [0.25, 0.3) is 0 Å². The lowest BCUT2D eigenvalue weighted by molar-refractivity contribution is 0.302. The summed E-state index contributed by atoms with van der Waals surface area (Å²) in [6.07, 6.45) is 0. The topological polar surface area (TPSA) is 71.5 Å². The van der Waals surface area contributed by atoms with E-state index in [1.807, 2.05) is 30.3 Å². The van der Waals surface area contributed by atoms with Crippen LogP contribution in [0.5, 0.6) is 0 Å². The van der Waals surface area contributed by atoms with Crippen LogP contribution in [0.1, 0.15) is 17.0 Å². The predicted molar refractivity (Wildman–Crippen MR) is 52.9 cm³/mol. The molecule has 0 spiro atoms. The molecule has 0 aliphatic heterocycles. The highest BCUT2D eigenvalue weighted by atomic mass is 16.6. The lowest BCUT2D eigenvalue weighted by Gasteiger charge is -1.99. The van der Waals surface area contributed by atoms with Crippen LogP contribution in [0.3, 0.4) is 0 Å². The number of oxime groups is 1. The number of benzene rings is 1. The van der Waals surface area contributed by atoms with Crippen LogP contribution in [0.15, 0.2) is 40.1 Å². The highest BCUT2D eigenvalue weighted by Crippen LogP contribution is 2.10. The lowest BCUT2D eigenvalue weighted by atomic mass is 10.1. The van der Waals surface area contributed by atoms with E-state index in [4.69, 9.17) is 5.21 Å². The highest BCUT2D eigenvalue weighted by molar-refractivity contribution is 6.11. The molecule has 0 radical (unpaired) electrons. The zero-order valence-electron chi connectivity index (χ0n) is 8.08. The minimum atomic E-state index is 0.356. The Morgan fingerprint density at radius 2 is 2.00 bits per heavy atom. The van der Waals surface area contributed by atoms with Gasteiger partial charge in [-0.1, -0.05) is 40.6 Å². The molecule has 0 saturated carbocycles. The molecule has 1 aromatic carbocycles. The first-order valence-corrected chi connectivity index (χ1v) is 4.40. The van der Waals surface area contributed by atoms with Gasteiger partial charge in [-0.2, -0.15) is 0 Å². The van der Waals surface area contributed by atoms with Crippen LogP contribution in [-0.4, -0.2) is 21.2 Å². The van der Waals surface area contributed by atoms with Gasteiger partial charge in [0.2, 0.25) is 0 Å².